The van der Waals surface area contributed by atoms with Crippen molar-refractivity contribution < 1.29 is 19.8 Å². The maximum absolute atomic E-state index is 10.3. The normalized spacial score (nSPS) is 14.9. The van der Waals surface area contributed by atoms with E-state index in [9.17, 15) is 9.59 Å². The van der Waals surface area contributed by atoms with Crippen LogP contribution in [0.25, 0.3) is 0 Å². The maximum Gasteiger partial charge on any atom is 0.321 e. The third kappa shape index (κ3) is 6.40. The van der Waals surface area contributed by atoms with Crippen LogP contribution in [-0.4, -0.2) is 27.5 Å². The lowest BCUT2D eigenvalue weighted by atomic mass is 10.00. The van der Waals surface area contributed by atoms with Crippen LogP contribution in [0.5, 0.6) is 0 Å². The van der Waals surface area contributed by atoms with Gasteiger partial charge in [0.15, 0.2) is 0 Å². The van der Waals surface area contributed by atoms with E-state index in [4.69, 9.17) is 21.8 Å². The molecule has 2 atom stereocenters. The molecule has 0 aromatic heterocycles. The minimum atomic E-state index is -1.05. The first kappa shape index (κ1) is 12.2. The molecular formula is C8H13ClO4. The minimum absolute atomic E-state index is 0.0229. The molecule has 0 saturated heterocycles. The zero-order valence-electron chi connectivity index (χ0n) is 7.36. The molecule has 2 N–H and O–H groups in total. The monoisotopic (exact) mass is 208 g/mol. The highest BCUT2D eigenvalue weighted by atomic mass is 35.5. The Balaban J connectivity index is 3.67. The zero-order chi connectivity index (χ0) is 10.4. The van der Waals surface area contributed by atoms with E-state index < -0.39 is 17.3 Å². The van der Waals surface area contributed by atoms with E-state index in [1.165, 1.54) is 0 Å². The number of carboxylic acids is 2. The molecule has 0 aliphatic rings. The molecule has 0 radical (unpaired) electrons. The summed E-state index contributed by atoms with van der Waals surface area (Å²) in [6.07, 6.45) is 0.834. The van der Waals surface area contributed by atoms with Gasteiger partial charge in [-0.2, -0.15) is 0 Å². The van der Waals surface area contributed by atoms with Crippen molar-refractivity contribution in [2.45, 2.75) is 31.6 Å². The zero-order valence-corrected chi connectivity index (χ0v) is 8.12. The molecule has 2 unspecified atom stereocenters. The Morgan fingerprint density at radius 3 is 2.31 bits per heavy atom. The molecule has 0 aromatic rings. The Morgan fingerprint density at radius 1 is 1.38 bits per heavy atom. The van der Waals surface area contributed by atoms with Gasteiger partial charge in [-0.1, -0.05) is 6.92 Å². The molecule has 0 fully saturated rings. The number of carboxylic acid groups (broad SMARTS) is 2. The molecule has 5 heteroatoms. The number of hydrogen-bond donors (Lipinski definition) is 2. The van der Waals surface area contributed by atoms with Gasteiger partial charge in [-0.15, -0.1) is 11.6 Å². The van der Waals surface area contributed by atoms with Crippen LogP contribution in [0.15, 0.2) is 0 Å². The lowest BCUT2D eigenvalue weighted by Gasteiger charge is -2.10. The lowest BCUT2D eigenvalue weighted by molar-refractivity contribution is -0.137. The predicted octanol–water partition coefficient (Wildman–Crippen LogP) is 1.57. The molecule has 0 heterocycles. The summed E-state index contributed by atoms with van der Waals surface area (Å²) in [6, 6.07) is 0. The average molecular weight is 209 g/mol. The van der Waals surface area contributed by atoms with E-state index in [2.05, 4.69) is 0 Å². The van der Waals surface area contributed by atoms with Crippen LogP contribution < -0.4 is 0 Å². The van der Waals surface area contributed by atoms with Crippen molar-refractivity contribution in [3.05, 3.63) is 0 Å². The molecule has 0 aromatic carbocycles. The molecule has 76 valence electrons. The fraction of sp³-hybridized carbons (Fsp3) is 0.750. The summed E-state index contributed by atoms with van der Waals surface area (Å²) in [6.45, 7) is 1.79. The summed E-state index contributed by atoms with van der Waals surface area (Å²) in [5.74, 6) is -1.90. The van der Waals surface area contributed by atoms with Gasteiger partial charge in [0.2, 0.25) is 0 Å². The summed E-state index contributed by atoms with van der Waals surface area (Å²) in [5, 5.41) is 15.9. The average Bonchev–Trinajstić information content (AvgIpc) is 2.00. The first-order valence-electron chi connectivity index (χ1n) is 4.02. The molecule has 0 spiro atoms. The Morgan fingerprint density at radius 2 is 1.92 bits per heavy atom. The van der Waals surface area contributed by atoms with Crippen LogP contribution in [0.3, 0.4) is 0 Å². The molecule has 4 nitrogen and oxygen atoms in total. The third-order valence-corrected chi connectivity index (χ3v) is 2.09. The van der Waals surface area contributed by atoms with E-state index in [-0.39, 0.29) is 12.3 Å². The molecule has 0 bridgehead atoms. The Hall–Kier alpha value is -0.770. The smallest absolute Gasteiger partial charge is 0.321 e. The van der Waals surface area contributed by atoms with Crippen molar-refractivity contribution in [3.8, 4) is 0 Å². The number of halogens is 1. The molecule has 0 aliphatic carbocycles. The highest BCUT2D eigenvalue weighted by molar-refractivity contribution is 6.29. The lowest BCUT2D eigenvalue weighted by Crippen LogP contribution is -2.17. The number of alkyl halides is 1. The summed E-state index contributed by atoms with van der Waals surface area (Å²) in [5.41, 5.74) is 0. The molecular weight excluding hydrogens is 196 g/mol. The van der Waals surface area contributed by atoms with Gasteiger partial charge in [0.25, 0.3) is 0 Å². The molecule has 0 saturated carbocycles. The molecule has 13 heavy (non-hydrogen) atoms. The standard InChI is InChI=1S/C8H13ClO4/c1-5(2-3-7(10)11)4-6(9)8(12)13/h5-6H,2-4H2,1H3,(H,10,11)(H,12,13). The summed E-state index contributed by atoms with van der Waals surface area (Å²) < 4.78 is 0. The second-order valence-electron chi connectivity index (χ2n) is 3.08. The number of hydrogen-bond acceptors (Lipinski definition) is 2. The van der Waals surface area contributed by atoms with Crippen LogP contribution in [0.4, 0.5) is 0 Å². The molecule has 0 rings (SSSR count). The first-order valence-corrected chi connectivity index (χ1v) is 4.45. The van der Waals surface area contributed by atoms with Crippen LogP contribution in [-0.2, 0) is 9.59 Å². The highest BCUT2D eigenvalue weighted by Gasteiger charge is 2.17. The van der Waals surface area contributed by atoms with E-state index in [0.717, 1.165) is 0 Å². The maximum atomic E-state index is 10.3. The van der Waals surface area contributed by atoms with Crippen molar-refractivity contribution in [1.82, 2.24) is 0 Å². The second kappa shape index (κ2) is 5.80. The van der Waals surface area contributed by atoms with E-state index in [0.29, 0.717) is 12.8 Å². The van der Waals surface area contributed by atoms with E-state index in [1.807, 2.05) is 0 Å². The Labute approximate surface area is 81.5 Å². The first-order chi connectivity index (χ1) is 5.93. The topological polar surface area (TPSA) is 74.6 Å². The van der Waals surface area contributed by atoms with Gasteiger partial charge in [-0.05, 0) is 18.8 Å². The summed E-state index contributed by atoms with van der Waals surface area (Å²) in [4.78, 5) is 20.5. The third-order valence-electron chi connectivity index (χ3n) is 1.73. The second-order valence-corrected chi connectivity index (χ2v) is 3.61. The Bertz CT molecular complexity index is 193. The van der Waals surface area contributed by atoms with Crippen molar-refractivity contribution in [2.75, 3.05) is 0 Å². The van der Waals surface area contributed by atoms with Gasteiger partial charge in [0, 0.05) is 6.42 Å². The molecule has 0 aliphatic heterocycles. The van der Waals surface area contributed by atoms with E-state index >= 15 is 0 Å². The summed E-state index contributed by atoms with van der Waals surface area (Å²) in [7, 11) is 0. The van der Waals surface area contributed by atoms with Crippen LogP contribution in [0, 0.1) is 5.92 Å². The van der Waals surface area contributed by atoms with Gasteiger partial charge in [0.1, 0.15) is 5.38 Å². The molecule has 0 amide bonds. The SMILES string of the molecule is CC(CCC(=O)O)CC(Cl)C(=O)O. The van der Waals surface area contributed by atoms with Crippen molar-refractivity contribution >= 4 is 23.5 Å². The quantitative estimate of drug-likeness (QED) is 0.650. The fourth-order valence-electron chi connectivity index (χ4n) is 0.942. The van der Waals surface area contributed by atoms with Crippen LogP contribution in [0.2, 0.25) is 0 Å². The number of aliphatic carboxylic acids is 2. The van der Waals surface area contributed by atoms with Crippen molar-refractivity contribution in [3.63, 3.8) is 0 Å². The van der Waals surface area contributed by atoms with Crippen molar-refractivity contribution in [1.29, 1.82) is 0 Å². The van der Waals surface area contributed by atoms with Crippen LogP contribution >= 0.6 is 11.6 Å². The van der Waals surface area contributed by atoms with Gasteiger partial charge in [-0.3, -0.25) is 9.59 Å². The van der Waals surface area contributed by atoms with Gasteiger partial charge < -0.3 is 10.2 Å². The van der Waals surface area contributed by atoms with Gasteiger partial charge in [-0.25, -0.2) is 0 Å². The Kier molecular flexibility index (Phi) is 5.46. The van der Waals surface area contributed by atoms with E-state index in [1.54, 1.807) is 6.92 Å². The largest absolute Gasteiger partial charge is 0.481 e. The number of rotatable bonds is 6. The fourth-order valence-corrected chi connectivity index (χ4v) is 1.25. The minimum Gasteiger partial charge on any atom is -0.481 e. The van der Waals surface area contributed by atoms with Crippen LogP contribution in [0.1, 0.15) is 26.2 Å². The van der Waals surface area contributed by atoms with Gasteiger partial charge in [0.05, 0.1) is 0 Å². The number of carbonyl (C=O) groups is 2. The summed E-state index contributed by atoms with van der Waals surface area (Å²) >= 11 is 5.48. The van der Waals surface area contributed by atoms with Gasteiger partial charge >= 0.3 is 11.9 Å². The van der Waals surface area contributed by atoms with Crippen molar-refractivity contribution in [2.24, 2.45) is 5.92 Å². The highest BCUT2D eigenvalue weighted by Crippen LogP contribution is 2.16. The predicted molar refractivity (Wildman–Crippen MR) is 47.9 cm³/mol.